The summed E-state index contributed by atoms with van der Waals surface area (Å²) in [5, 5.41) is 3.21. The highest BCUT2D eigenvalue weighted by Gasteiger charge is 2.24. The average molecular weight is 268 g/mol. The molecule has 2 atom stereocenters. The molecule has 1 aliphatic carbocycles. The minimum absolute atomic E-state index is 0.188. The maximum Gasteiger partial charge on any atom is 0.234 e. The second kappa shape index (κ2) is 7.25. The second-order valence-electron chi connectivity index (χ2n) is 6.21. The molecular weight excluding hydrogens is 240 g/mol. The fraction of sp³-hybridized carbons (Fsp3) is 0.933. The van der Waals surface area contributed by atoms with Gasteiger partial charge in [0.1, 0.15) is 0 Å². The number of morpholine rings is 1. The lowest BCUT2D eigenvalue weighted by atomic mass is 10.1. The van der Waals surface area contributed by atoms with Crippen LogP contribution in [0.5, 0.6) is 0 Å². The van der Waals surface area contributed by atoms with Crippen LogP contribution in [-0.4, -0.2) is 48.7 Å². The third-order valence-corrected chi connectivity index (χ3v) is 4.08. The van der Waals surface area contributed by atoms with Gasteiger partial charge in [-0.05, 0) is 26.7 Å². The molecule has 1 amide bonds. The molecule has 1 saturated heterocycles. The van der Waals surface area contributed by atoms with Gasteiger partial charge in [0.05, 0.1) is 18.8 Å². The van der Waals surface area contributed by atoms with Crippen molar-refractivity contribution in [3.05, 3.63) is 0 Å². The number of amides is 1. The molecule has 1 N–H and O–H groups in total. The van der Waals surface area contributed by atoms with Gasteiger partial charge in [0.2, 0.25) is 5.91 Å². The molecule has 19 heavy (non-hydrogen) atoms. The highest BCUT2D eigenvalue weighted by Crippen LogP contribution is 2.17. The number of ether oxygens (including phenoxy) is 1. The molecule has 4 heteroatoms. The largest absolute Gasteiger partial charge is 0.373 e. The Hall–Kier alpha value is -0.610. The quantitative estimate of drug-likeness (QED) is 0.795. The fourth-order valence-corrected chi connectivity index (χ4v) is 3.31. The summed E-state index contributed by atoms with van der Waals surface area (Å²) in [5.41, 5.74) is 0. The van der Waals surface area contributed by atoms with E-state index in [0.29, 0.717) is 12.6 Å². The molecule has 0 aromatic rings. The second-order valence-corrected chi connectivity index (χ2v) is 6.21. The lowest BCUT2D eigenvalue weighted by Gasteiger charge is -2.35. The number of rotatable bonds is 3. The van der Waals surface area contributed by atoms with E-state index in [0.717, 1.165) is 25.9 Å². The molecular formula is C15H28N2O2. The van der Waals surface area contributed by atoms with E-state index in [2.05, 4.69) is 24.1 Å². The van der Waals surface area contributed by atoms with Gasteiger partial charge in [-0.25, -0.2) is 0 Å². The molecule has 0 aromatic heterocycles. The zero-order valence-corrected chi connectivity index (χ0v) is 12.4. The first-order valence-corrected chi connectivity index (χ1v) is 7.80. The van der Waals surface area contributed by atoms with Crippen LogP contribution in [-0.2, 0) is 9.53 Å². The molecule has 2 fully saturated rings. The number of carbonyl (C=O) groups excluding carboxylic acids is 1. The highest BCUT2D eigenvalue weighted by atomic mass is 16.5. The van der Waals surface area contributed by atoms with Gasteiger partial charge in [-0.1, -0.05) is 25.7 Å². The summed E-state index contributed by atoms with van der Waals surface area (Å²) in [7, 11) is 0. The van der Waals surface area contributed by atoms with E-state index in [4.69, 9.17) is 4.74 Å². The molecule has 0 unspecified atom stereocenters. The van der Waals surface area contributed by atoms with E-state index in [9.17, 15) is 4.79 Å². The molecule has 1 aliphatic heterocycles. The van der Waals surface area contributed by atoms with E-state index in [1.54, 1.807) is 0 Å². The molecule has 2 rings (SSSR count). The third-order valence-electron chi connectivity index (χ3n) is 4.08. The van der Waals surface area contributed by atoms with Crippen molar-refractivity contribution in [3.8, 4) is 0 Å². The Labute approximate surface area is 116 Å². The van der Waals surface area contributed by atoms with E-state index >= 15 is 0 Å². The number of nitrogens with one attached hydrogen (secondary N) is 1. The molecule has 2 aliphatic rings. The summed E-state index contributed by atoms with van der Waals surface area (Å²) in [4.78, 5) is 14.3. The Morgan fingerprint density at radius 2 is 1.68 bits per heavy atom. The van der Waals surface area contributed by atoms with Gasteiger partial charge in [-0.15, -0.1) is 0 Å². The molecule has 0 bridgehead atoms. The first kappa shape index (κ1) is 14.8. The van der Waals surface area contributed by atoms with Crippen molar-refractivity contribution in [1.29, 1.82) is 0 Å². The molecule has 110 valence electrons. The van der Waals surface area contributed by atoms with Gasteiger partial charge in [-0.2, -0.15) is 0 Å². The molecule has 1 heterocycles. The van der Waals surface area contributed by atoms with Crippen LogP contribution in [0.3, 0.4) is 0 Å². The minimum atomic E-state index is 0.188. The summed E-state index contributed by atoms with van der Waals surface area (Å²) in [6.45, 7) is 6.40. The maximum absolute atomic E-state index is 12.1. The Morgan fingerprint density at radius 1 is 1.11 bits per heavy atom. The number of carbonyl (C=O) groups is 1. The number of hydrogen-bond donors (Lipinski definition) is 1. The summed E-state index contributed by atoms with van der Waals surface area (Å²) < 4.78 is 5.69. The molecule has 4 nitrogen and oxygen atoms in total. The summed E-state index contributed by atoms with van der Waals surface area (Å²) in [6.07, 6.45) is 7.94. The SMILES string of the molecule is C[C@H]1CN(CC(=O)NC2CCCCCC2)C[C@H](C)O1. The van der Waals surface area contributed by atoms with E-state index in [1.807, 2.05) is 0 Å². The van der Waals surface area contributed by atoms with E-state index in [-0.39, 0.29) is 18.1 Å². The smallest absolute Gasteiger partial charge is 0.234 e. The van der Waals surface area contributed by atoms with Gasteiger partial charge in [-0.3, -0.25) is 9.69 Å². The fourth-order valence-electron chi connectivity index (χ4n) is 3.31. The topological polar surface area (TPSA) is 41.6 Å². The zero-order chi connectivity index (χ0) is 13.7. The standard InChI is InChI=1S/C15H28N2O2/c1-12-9-17(10-13(2)19-12)11-15(18)16-14-7-5-3-4-6-8-14/h12-14H,3-11H2,1-2H3,(H,16,18)/t12-,13-/m0/s1. The van der Waals surface area contributed by atoms with Gasteiger partial charge in [0, 0.05) is 19.1 Å². The van der Waals surface area contributed by atoms with Crippen LogP contribution >= 0.6 is 0 Å². The van der Waals surface area contributed by atoms with Crippen molar-refractivity contribution >= 4 is 5.91 Å². The normalized spacial score (nSPS) is 30.8. The maximum atomic E-state index is 12.1. The van der Waals surface area contributed by atoms with Crippen LogP contribution in [0.2, 0.25) is 0 Å². The lowest BCUT2D eigenvalue weighted by Crippen LogP contribution is -2.50. The molecule has 0 aromatic carbocycles. The summed E-state index contributed by atoms with van der Waals surface area (Å²) >= 11 is 0. The monoisotopic (exact) mass is 268 g/mol. The Balaban J connectivity index is 1.73. The first-order valence-electron chi connectivity index (χ1n) is 7.80. The predicted octanol–water partition coefficient (Wildman–Crippen LogP) is 1.93. The van der Waals surface area contributed by atoms with Crippen LogP contribution in [0.15, 0.2) is 0 Å². The van der Waals surface area contributed by atoms with Crippen LogP contribution in [0.25, 0.3) is 0 Å². The van der Waals surface area contributed by atoms with Crippen LogP contribution in [0.1, 0.15) is 52.4 Å². The van der Waals surface area contributed by atoms with E-state index < -0.39 is 0 Å². The molecule has 0 radical (unpaired) electrons. The average Bonchev–Trinajstić information content (AvgIpc) is 2.55. The van der Waals surface area contributed by atoms with Crippen LogP contribution in [0.4, 0.5) is 0 Å². The van der Waals surface area contributed by atoms with E-state index in [1.165, 1.54) is 25.7 Å². The van der Waals surface area contributed by atoms with Gasteiger partial charge < -0.3 is 10.1 Å². The molecule has 0 spiro atoms. The van der Waals surface area contributed by atoms with Crippen molar-refractivity contribution in [2.24, 2.45) is 0 Å². The number of hydrogen-bond acceptors (Lipinski definition) is 3. The van der Waals surface area contributed by atoms with Crippen molar-refractivity contribution in [2.45, 2.75) is 70.6 Å². The summed E-state index contributed by atoms with van der Waals surface area (Å²) in [5.74, 6) is 0.188. The third kappa shape index (κ3) is 5.11. The Morgan fingerprint density at radius 3 is 2.26 bits per heavy atom. The number of nitrogens with zero attached hydrogens (tertiary/aromatic N) is 1. The first-order chi connectivity index (χ1) is 9.13. The van der Waals surface area contributed by atoms with Crippen molar-refractivity contribution in [3.63, 3.8) is 0 Å². The van der Waals surface area contributed by atoms with Crippen LogP contribution < -0.4 is 5.32 Å². The Bertz CT molecular complexity index is 278. The zero-order valence-electron chi connectivity index (χ0n) is 12.4. The van der Waals surface area contributed by atoms with Gasteiger partial charge in [0.15, 0.2) is 0 Å². The Kier molecular flexibility index (Phi) is 5.64. The highest BCUT2D eigenvalue weighted by molar-refractivity contribution is 5.78. The summed E-state index contributed by atoms with van der Waals surface area (Å²) in [6, 6.07) is 0.408. The van der Waals surface area contributed by atoms with Gasteiger partial charge in [0.25, 0.3) is 0 Å². The minimum Gasteiger partial charge on any atom is -0.373 e. The van der Waals surface area contributed by atoms with Crippen LogP contribution in [0, 0.1) is 0 Å². The lowest BCUT2D eigenvalue weighted by molar-refractivity contribution is -0.126. The van der Waals surface area contributed by atoms with Crippen molar-refractivity contribution < 1.29 is 9.53 Å². The molecule has 1 saturated carbocycles. The van der Waals surface area contributed by atoms with Gasteiger partial charge >= 0.3 is 0 Å². The predicted molar refractivity (Wildman–Crippen MR) is 76.1 cm³/mol. The van der Waals surface area contributed by atoms with Crippen molar-refractivity contribution in [2.75, 3.05) is 19.6 Å². The van der Waals surface area contributed by atoms with Crippen molar-refractivity contribution in [1.82, 2.24) is 10.2 Å².